The molecule has 1 nitrogen and oxygen atoms in total. The molecular weight excluding hydrogens is 170 g/mol. The Morgan fingerprint density at radius 3 is 2.14 bits per heavy atom. The van der Waals surface area contributed by atoms with Crippen molar-refractivity contribution in [1.29, 1.82) is 0 Å². The Kier molecular flexibility index (Phi) is 4.01. The maximum Gasteiger partial charge on any atom is 0.0686 e. The molecule has 80 valence electrons. The Morgan fingerprint density at radius 2 is 1.64 bits per heavy atom. The van der Waals surface area contributed by atoms with Crippen molar-refractivity contribution in [2.24, 2.45) is 5.41 Å². The normalized spacial score (nSPS) is 21.1. The van der Waals surface area contributed by atoms with Crippen LogP contribution in [-0.4, -0.2) is 24.0 Å². The van der Waals surface area contributed by atoms with Crippen LogP contribution in [0.5, 0.6) is 0 Å². The molecule has 14 heavy (non-hydrogen) atoms. The van der Waals surface area contributed by atoms with Gasteiger partial charge in [-0.25, -0.2) is 0 Å². The molecule has 1 heteroatoms. The van der Waals surface area contributed by atoms with E-state index in [1.807, 2.05) is 0 Å². The molecule has 1 rings (SSSR count). The highest BCUT2D eigenvalue weighted by atomic mass is 15.1. The zero-order valence-electron chi connectivity index (χ0n) is 10.1. The summed E-state index contributed by atoms with van der Waals surface area (Å²) in [6.45, 7) is 11.2. The highest BCUT2D eigenvalue weighted by Gasteiger charge is 2.14. The lowest BCUT2D eigenvalue weighted by Crippen LogP contribution is -2.36. The molecule has 1 unspecified atom stereocenters. The Labute approximate surface area is 88.9 Å². The van der Waals surface area contributed by atoms with E-state index in [0.29, 0.717) is 6.04 Å². The fraction of sp³-hybridized carbons (Fsp3) is 0.846. The van der Waals surface area contributed by atoms with E-state index < -0.39 is 0 Å². The summed E-state index contributed by atoms with van der Waals surface area (Å²) < 4.78 is 0. The fourth-order valence-corrected chi connectivity index (χ4v) is 1.72. The molecule has 1 aliphatic rings. The predicted molar refractivity (Wildman–Crippen MR) is 62.1 cm³/mol. The van der Waals surface area contributed by atoms with E-state index >= 15 is 0 Å². The summed E-state index contributed by atoms with van der Waals surface area (Å²) in [5.41, 5.74) is 0.143. The van der Waals surface area contributed by atoms with Gasteiger partial charge in [0.05, 0.1) is 6.04 Å². The average Bonchev–Trinajstić information content (AvgIpc) is 2.14. The number of nitrogens with zero attached hydrogens (tertiary/aromatic N) is 1. The maximum absolute atomic E-state index is 3.37. The molecule has 0 aromatic heterocycles. The van der Waals surface area contributed by atoms with Gasteiger partial charge < -0.3 is 0 Å². The van der Waals surface area contributed by atoms with Crippen LogP contribution in [0.25, 0.3) is 0 Å². The van der Waals surface area contributed by atoms with Gasteiger partial charge in [-0.2, -0.15) is 0 Å². The Bertz CT molecular complexity index is 220. The van der Waals surface area contributed by atoms with Crippen LogP contribution in [0.2, 0.25) is 0 Å². The van der Waals surface area contributed by atoms with Crippen molar-refractivity contribution < 1.29 is 0 Å². The van der Waals surface area contributed by atoms with E-state index in [4.69, 9.17) is 0 Å². The predicted octanol–water partition coefficient (Wildman–Crippen LogP) is 2.91. The van der Waals surface area contributed by atoms with Gasteiger partial charge in [-0.1, -0.05) is 18.3 Å². The third-order valence-electron chi connectivity index (χ3n) is 2.59. The van der Waals surface area contributed by atoms with Crippen LogP contribution in [0.4, 0.5) is 0 Å². The number of likely N-dealkylation sites (tertiary alicyclic amines) is 1. The zero-order chi connectivity index (χ0) is 10.6. The summed E-state index contributed by atoms with van der Waals surface area (Å²) in [6, 6.07) is 0.439. The molecule has 1 saturated heterocycles. The Hall–Kier alpha value is -0.480. The van der Waals surface area contributed by atoms with E-state index in [0.717, 1.165) is 0 Å². The molecule has 1 fully saturated rings. The lowest BCUT2D eigenvalue weighted by Gasteiger charge is -2.29. The van der Waals surface area contributed by atoms with Crippen LogP contribution >= 0.6 is 0 Å². The monoisotopic (exact) mass is 193 g/mol. The van der Waals surface area contributed by atoms with Crippen LogP contribution < -0.4 is 0 Å². The van der Waals surface area contributed by atoms with Gasteiger partial charge in [0, 0.05) is 5.41 Å². The number of rotatable bonds is 1. The lowest BCUT2D eigenvalue weighted by atomic mass is 9.97. The van der Waals surface area contributed by atoms with E-state index in [1.54, 1.807) is 0 Å². The van der Waals surface area contributed by atoms with Gasteiger partial charge in [-0.3, -0.25) is 4.90 Å². The van der Waals surface area contributed by atoms with Crippen molar-refractivity contribution in [3.8, 4) is 11.8 Å². The van der Waals surface area contributed by atoms with Gasteiger partial charge in [0.1, 0.15) is 0 Å². The first kappa shape index (κ1) is 11.6. The van der Waals surface area contributed by atoms with Crippen LogP contribution in [-0.2, 0) is 0 Å². The van der Waals surface area contributed by atoms with Crippen molar-refractivity contribution in [2.75, 3.05) is 13.1 Å². The minimum Gasteiger partial charge on any atom is -0.290 e. The molecule has 0 saturated carbocycles. The van der Waals surface area contributed by atoms with E-state index in [-0.39, 0.29) is 5.41 Å². The summed E-state index contributed by atoms with van der Waals surface area (Å²) in [6.07, 6.45) is 4.10. The van der Waals surface area contributed by atoms with E-state index in [2.05, 4.69) is 44.4 Å². The smallest absolute Gasteiger partial charge is 0.0686 e. The molecule has 0 aromatic rings. The Balaban J connectivity index is 2.46. The minimum absolute atomic E-state index is 0.143. The average molecular weight is 193 g/mol. The van der Waals surface area contributed by atoms with Crippen molar-refractivity contribution in [3.63, 3.8) is 0 Å². The third kappa shape index (κ3) is 4.15. The summed E-state index contributed by atoms with van der Waals surface area (Å²) in [4.78, 5) is 2.50. The number of piperidine rings is 1. The second-order valence-electron chi connectivity index (χ2n) is 5.29. The van der Waals surface area contributed by atoms with E-state index in [9.17, 15) is 0 Å². The second-order valence-corrected chi connectivity index (χ2v) is 5.29. The minimum atomic E-state index is 0.143. The van der Waals surface area contributed by atoms with Crippen LogP contribution in [0.3, 0.4) is 0 Å². The van der Waals surface area contributed by atoms with Gasteiger partial charge in [0.15, 0.2) is 0 Å². The maximum atomic E-state index is 3.37. The Morgan fingerprint density at radius 1 is 1.07 bits per heavy atom. The molecule has 1 atom stereocenters. The highest BCUT2D eigenvalue weighted by Crippen LogP contribution is 2.13. The van der Waals surface area contributed by atoms with Crippen molar-refractivity contribution in [1.82, 2.24) is 4.90 Å². The molecule has 0 radical (unpaired) electrons. The number of hydrogen-bond donors (Lipinski definition) is 0. The first-order valence-electron chi connectivity index (χ1n) is 5.76. The van der Waals surface area contributed by atoms with Crippen LogP contribution in [0.1, 0.15) is 47.0 Å². The molecule has 0 bridgehead atoms. The van der Waals surface area contributed by atoms with Gasteiger partial charge in [0.25, 0.3) is 0 Å². The standard InChI is InChI=1S/C13H23N/c1-12(8-9-13(2,3)4)14-10-6-5-7-11-14/h12H,5-7,10-11H2,1-4H3. The molecule has 1 heterocycles. The highest BCUT2D eigenvalue weighted by molar-refractivity contribution is 5.12. The van der Waals surface area contributed by atoms with Crippen LogP contribution in [0, 0.1) is 17.3 Å². The first-order valence-corrected chi connectivity index (χ1v) is 5.76. The third-order valence-corrected chi connectivity index (χ3v) is 2.59. The zero-order valence-corrected chi connectivity index (χ0v) is 10.1. The van der Waals surface area contributed by atoms with Crippen LogP contribution in [0.15, 0.2) is 0 Å². The quantitative estimate of drug-likeness (QED) is 0.579. The molecular formula is C13H23N. The summed E-state index contributed by atoms with van der Waals surface area (Å²) in [7, 11) is 0. The molecule has 1 aliphatic heterocycles. The molecule has 0 N–H and O–H groups in total. The van der Waals surface area contributed by atoms with Gasteiger partial charge >= 0.3 is 0 Å². The molecule has 0 aromatic carbocycles. The lowest BCUT2D eigenvalue weighted by molar-refractivity contribution is 0.206. The molecule has 0 aliphatic carbocycles. The second kappa shape index (κ2) is 4.84. The SMILES string of the molecule is CC(C#CC(C)(C)C)N1CCCCC1. The van der Waals surface area contributed by atoms with Gasteiger partial charge in [-0.15, -0.1) is 0 Å². The topological polar surface area (TPSA) is 3.24 Å². The van der Waals surface area contributed by atoms with E-state index in [1.165, 1.54) is 32.4 Å². The van der Waals surface area contributed by atoms with Crippen molar-refractivity contribution >= 4 is 0 Å². The fourth-order valence-electron chi connectivity index (χ4n) is 1.72. The van der Waals surface area contributed by atoms with Gasteiger partial charge in [-0.05, 0) is 53.6 Å². The van der Waals surface area contributed by atoms with Crippen molar-refractivity contribution in [2.45, 2.75) is 53.0 Å². The largest absolute Gasteiger partial charge is 0.290 e. The van der Waals surface area contributed by atoms with Crippen molar-refractivity contribution in [3.05, 3.63) is 0 Å². The van der Waals surface area contributed by atoms with Gasteiger partial charge in [0.2, 0.25) is 0 Å². The molecule has 0 spiro atoms. The first-order chi connectivity index (χ1) is 6.49. The summed E-state index contributed by atoms with van der Waals surface area (Å²) in [5.74, 6) is 6.70. The summed E-state index contributed by atoms with van der Waals surface area (Å²) >= 11 is 0. The molecule has 0 amide bonds. The number of hydrogen-bond acceptors (Lipinski definition) is 1. The summed E-state index contributed by atoms with van der Waals surface area (Å²) in [5, 5.41) is 0.